The van der Waals surface area contributed by atoms with Crippen molar-refractivity contribution in [2.45, 2.75) is 37.7 Å². The van der Waals surface area contributed by atoms with Gasteiger partial charge in [-0.2, -0.15) is 39.5 Å². The van der Waals surface area contributed by atoms with Crippen LogP contribution in [0.2, 0.25) is 0 Å². The summed E-state index contributed by atoms with van der Waals surface area (Å²) in [6.07, 6.45) is -20.4. The predicted octanol–water partition coefficient (Wildman–Crippen LogP) is 3.80. The molecule has 98 valence electrons. The quantitative estimate of drug-likeness (QED) is 0.702. The van der Waals surface area contributed by atoms with Crippen molar-refractivity contribution in [1.29, 1.82) is 0 Å². The molecule has 0 aliphatic rings. The molecule has 0 aliphatic carbocycles. The third-order valence-corrected chi connectivity index (χ3v) is 1.46. The molecule has 0 radical (unpaired) electrons. The molecule has 0 N–H and O–H groups in total. The average molecular weight is 264 g/mol. The summed E-state index contributed by atoms with van der Waals surface area (Å²) in [4.78, 5) is 0. The third-order valence-electron chi connectivity index (χ3n) is 1.46. The van der Waals surface area contributed by atoms with Crippen molar-refractivity contribution in [2.75, 3.05) is 0 Å². The predicted molar refractivity (Wildman–Crippen MR) is 32.3 cm³/mol. The molecule has 0 saturated heterocycles. The molecule has 0 heterocycles. The minimum absolute atomic E-state index is 0.475. The van der Waals surface area contributed by atoms with Crippen LogP contribution >= 0.6 is 0 Å². The van der Waals surface area contributed by atoms with Gasteiger partial charge >= 0.3 is 24.3 Å². The number of rotatable bonds is 4. The van der Waals surface area contributed by atoms with E-state index in [4.69, 9.17) is 0 Å². The topological polar surface area (TPSA) is 9.23 Å². The summed E-state index contributed by atoms with van der Waals surface area (Å²) >= 11 is 0. The van der Waals surface area contributed by atoms with Gasteiger partial charge in [0.15, 0.2) is 0 Å². The van der Waals surface area contributed by atoms with Crippen LogP contribution in [0, 0.1) is 0 Å². The Hall–Kier alpha value is -0.670. The standard InChI is InChI=1S/C6H5F9O/c1-2-3(7,8)5(12,13)16-6(14,15)4(9,10)11/h2H2,1H3. The number of halogens is 9. The van der Waals surface area contributed by atoms with Crippen LogP contribution in [-0.2, 0) is 4.74 Å². The fraction of sp³-hybridized carbons (Fsp3) is 1.00. The Kier molecular flexibility index (Phi) is 3.80. The van der Waals surface area contributed by atoms with Gasteiger partial charge in [0.05, 0.1) is 0 Å². The highest BCUT2D eigenvalue weighted by Gasteiger charge is 2.69. The number of hydrogen-bond donors (Lipinski definition) is 0. The molecule has 0 aromatic heterocycles. The van der Waals surface area contributed by atoms with E-state index in [-0.39, 0.29) is 0 Å². The zero-order valence-electron chi connectivity index (χ0n) is 7.52. The second kappa shape index (κ2) is 3.97. The van der Waals surface area contributed by atoms with Gasteiger partial charge in [-0.15, -0.1) is 0 Å². The maximum atomic E-state index is 12.3. The van der Waals surface area contributed by atoms with Crippen molar-refractivity contribution in [3.8, 4) is 0 Å². The Labute approximate surface area is 83.2 Å². The average Bonchev–Trinajstić information content (AvgIpc) is 1.99. The fourth-order valence-electron chi connectivity index (χ4n) is 0.499. The van der Waals surface area contributed by atoms with Gasteiger partial charge in [0, 0.05) is 6.42 Å². The highest BCUT2D eigenvalue weighted by molar-refractivity contribution is 4.78. The maximum absolute atomic E-state index is 12.3. The highest BCUT2D eigenvalue weighted by Crippen LogP contribution is 2.46. The van der Waals surface area contributed by atoms with Gasteiger partial charge in [-0.25, -0.2) is 4.74 Å². The fourth-order valence-corrected chi connectivity index (χ4v) is 0.499. The van der Waals surface area contributed by atoms with E-state index in [9.17, 15) is 39.5 Å². The molecule has 1 nitrogen and oxygen atoms in total. The summed E-state index contributed by atoms with van der Waals surface area (Å²) in [6, 6.07) is 0. The van der Waals surface area contributed by atoms with Crippen LogP contribution in [0.25, 0.3) is 0 Å². The third kappa shape index (κ3) is 2.92. The summed E-state index contributed by atoms with van der Waals surface area (Å²) < 4.78 is 109. The van der Waals surface area contributed by atoms with E-state index in [1.54, 1.807) is 0 Å². The molecule has 0 aliphatic heterocycles. The summed E-state index contributed by atoms with van der Waals surface area (Å²) in [7, 11) is 0. The van der Waals surface area contributed by atoms with Gasteiger partial charge in [0.1, 0.15) is 0 Å². The minimum atomic E-state index is -6.50. The molecule has 16 heavy (non-hydrogen) atoms. The number of alkyl halides is 9. The van der Waals surface area contributed by atoms with E-state index in [0.29, 0.717) is 6.92 Å². The first-order valence-corrected chi connectivity index (χ1v) is 3.67. The summed E-state index contributed by atoms with van der Waals surface area (Å²) in [5.41, 5.74) is 0. The molecule has 0 saturated carbocycles. The monoisotopic (exact) mass is 264 g/mol. The van der Waals surface area contributed by atoms with E-state index in [2.05, 4.69) is 0 Å². The highest BCUT2D eigenvalue weighted by atomic mass is 19.4. The largest absolute Gasteiger partial charge is 0.483 e. The number of ether oxygens (including phenoxy) is 1. The lowest BCUT2D eigenvalue weighted by Crippen LogP contribution is -2.51. The Bertz CT molecular complexity index is 243. The first-order chi connectivity index (χ1) is 6.77. The zero-order chi connectivity index (χ0) is 13.4. The molecule has 0 aromatic rings. The molecule has 0 amide bonds. The molecule has 0 unspecified atom stereocenters. The van der Waals surface area contributed by atoms with Crippen molar-refractivity contribution in [3.63, 3.8) is 0 Å². The van der Waals surface area contributed by atoms with E-state index in [1.165, 1.54) is 0 Å². The van der Waals surface area contributed by atoms with Gasteiger partial charge in [-0.05, 0) is 0 Å². The molecule has 0 rings (SSSR count). The van der Waals surface area contributed by atoms with E-state index in [0.717, 1.165) is 0 Å². The van der Waals surface area contributed by atoms with Crippen LogP contribution in [0.4, 0.5) is 39.5 Å². The maximum Gasteiger partial charge on any atom is 0.483 e. The molecule has 0 bridgehead atoms. The molecule has 0 atom stereocenters. The van der Waals surface area contributed by atoms with Gasteiger partial charge in [-0.3, -0.25) is 0 Å². The molecular formula is C6H5F9O. The first-order valence-electron chi connectivity index (χ1n) is 3.67. The van der Waals surface area contributed by atoms with Crippen molar-refractivity contribution in [3.05, 3.63) is 0 Å². The number of hydrogen-bond acceptors (Lipinski definition) is 1. The Morgan fingerprint density at radius 3 is 1.38 bits per heavy atom. The molecule has 0 spiro atoms. The van der Waals surface area contributed by atoms with Gasteiger partial charge in [-0.1, -0.05) is 6.92 Å². The Morgan fingerprint density at radius 1 is 0.750 bits per heavy atom. The van der Waals surface area contributed by atoms with E-state index < -0.39 is 30.7 Å². The second-order valence-corrected chi connectivity index (χ2v) is 2.69. The van der Waals surface area contributed by atoms with Crippen LogP contribution in [0.1, 0.15) is 13.3 Å². The van der Waals surface area contributed by atoms with Crippen molar-refractivity contribution in [2.24, 2.45) is 0 Å². The smallest absolute Gasteiger partial charge is 0.243 e. The lowest BCUT2D eigenvalue weighted by Gasteiger charge is -2.29. The Morgan fingerprint density at radius 2 is 1.12 bits per heavy atom. The van der Waals surface area contributed by atoms with Gasteiger partial charge in [0.25, 0.3) is 0 Å². The van der Waals surface area contributed by atoms with Crippen LogP contribution in [0.15, 0.2) is 0 Å². The molecule has 0 aromatic carbocycles. The second-order valence-electron chi connectivity index (χ2n) is 2.69. The van der Waals surface area contributed by atoms with Gasteiger partial charge < -0.3 is 0 Å². The molecule has 10 heteroatoms. The van der Waals surface area contributed by atoms with Crippen molar-refractivity contribution < 1.29 is 44.3 Å². The Balaban J connectivity index is 4.99. The van der Waals surface area contributed by atoms with E-state index >= 15 is 0 Å². The van der Waals surface area contributed by atoms with E-state index in [1.807, 2.05) is 4.74 Å². The summed E-state index contributed by atoms with van der Waals surface area (Å²) in [5, 5.41) is 0. The van der Waals surface area contributed by atoms with Crippen LogP contribution < -0.4 is 0 Å². The molecule has 0 fully saturated rings. The van der Waals surface area contributed by atoms with Crippen LogP contribution in [0.3, 0.4) is 0 Å². The van der Waals surface area contributed by atoms with Crippen LogP contribution in [-0.4, -0.2) is 24.3 Å². The van der Waals surface area contributed by atoms with Crippen LogP contribution in [0.5, 0.6) is 0 Å². The summed E-state index contributed by atoms with van der Waals surface area (Å²) in [5.74, 6) is -5.12. The first kappa shape index (κ1) is 15.3. The lowest BCUT2D eigenvalue weighted by molar-refractivity contribution is -0.486. The zero-order valence-corrected chi connectivity index (χ0v) is 7.52. The van der Waals surface area contributed by atoms with Gasteiger partial charge in [0.2, 0.25) is 0 Å². The molecular weight excluding hydrogens is 259 g/mol. The summed E-state index contributed by atoms with van der Waals surface area (Å²) in [6.45, 7) is 0.475. The van der Waals surface area contributed by atoms with Crippen molar-refractivity contribution >= 4 is 0 Å². The van der Waals surface area contributed by atoms with Crippen molar-refractivity contribution in [1.82, 2.24) is 0 Å². The SMILES string of the molecule is CCC(F)(F)C(F)(F)OC(F)(F)C(F)(F)F. The lowest BCUT2D eigenvalue weighted by atomic mass is 10.2. The minimum Gasteiger partial charge on any atom is -0.243 e. The normalized spacial score (nSPS) is 15.4.